The van der Waals surface area contributed by atoms with Crippen molar-refractivity contribution in [3.05, 3.63) is 36.0 Å². The van der Waals surface area contributed by atoms with Crippen LogP contribution in [0.25, 0.3) is 10.9 Å². The fourth-order valence-electron chi connectivity index (χ4n) is 10.3. The topological polar surface area (TPSA) is 528 Å². The first kappa shape index (κ1) is 73.2. The van der Waals surface area contributed by atoms with Crippen LogP contribution in [0.1, 0.15) is 103 Å². The lowest BCUT2D eigenvalue weighted by molar-refractivity contribution is -0.144. The molecule has 2 saturated heterocycles. The number of benzene rings is 1. The Hall–Kier alpha value is -8.30. The quantitative estimate of drug-likeness (QED) is 0.0130. The molecule has 0 saturated carbocycles. The number of aliphatic carboxylic acids is 1. The standard InChI is InChI=1S/C56H91N19O13S/c1-4-30(2)44(52(85)72-40(28-76)54(87)88)73-51(84)42-19-12-24-75(42)53(86)31(3)67-46(79)37(16-9-21-63-55(59)60)68-48(81)38(17-10-22-64-56(61)62)69-47(80)36(15-7-8-20-57)70-49(82)39(25-32-26-65-35-14-6-5-13-33(32)35)71-50(83)41-18-11-23-74(41)43(77)27-66-45(78)34(58)29-89/h5-6,13-14,26,30-31,34,36-42,44,65,76,89H,4,7-12,15-25,27-29,57-58H2,1-3H3,(H,66,78)(H,67,79)(H,68,81)(H,69,80)(H,70,82)(H,71,83)(H,72,85)(H,73,84)(H,87,88)(H4,59,60,63)(H4,61,62,64)/t30-,31-,34-,36-,37-,38-,39-,40-,41-,42-,44-/m0/s1. The summed E-state index contributed by atoms with van der Waals surface area (Å²) in [7, 11) is 0. The molecule has 0 unspecified atom stereocenters. The van der Waals surface area contributed by atoms with Crippen molar-refractivity contribution in [2.24, 2.45) is 50.3 Å². The van der Waals surface area contributed by atoms with Crippen LogP contribution < -0.4 is 76.9 Å². The second kappa shape index (κ2) is 36.9. The molecule has 2 aliphatic rings. The second-order valence-electron chi connectivity index (χ2n) is 22.1. The van der Waals surface area contributed by atoms with Gasteiger partial charge >= 0.3 is 5.97 Å². The predicted octanol–water partition coefficient (Wildman–Crippen LogP) is -5.16. The first-order chi connectivity index (χ1) is 42.3. The lowest BCUT2D eigenvalue weighted by Gasteiger charge is -2.31. The first-order valence-electron chi connectivity index (χ1n) is 29.9. The zero-order valence-corrected chi connectivity index (χ0v) is 51.6. The molecule has 2 fully saturated rings. The van der Waals surface area contributed by atoms with Gasteiger partial charge in [-0.1, -0.05) is 38.5 Å². The highest BCUT2D eigenvalue weighted by atomic mass is 32.1. The van der Waals surface area contributed by atoms with Crippen LogP contribution in [0.15, 0.2) is 40.4 Å². The average Bonchev–Trinajstić information content (AvgIpc) is 4.17. The summed E-state index contributed by atoms with van der Waals surface area (Å²) in [4.78, 5) is 165. The van der Waals surface area contributed by atoms with E-state index in [4.69, 9.17) is 34.4 Å². The maximum atomic E-state index is 14.7. The lowest BCUT2D eigenvalue weighted by Crippen LogP contribution is -2.60. The van der Waals surface area contributed by atoms with E-state index < -0.39 is 145 Å². The van der Waals surface area contributed by atoms with Crippen molar-refractivity contribution in [2.45, 2.75) is 165 Å². The first-order valence-corrected chi connectivity index (χ1v) is 30.5. The highest BCUT2D eigenvalue weighted by molar-refractivity contribution is 7.80. The fraction of sp³-hybridized carbons (Fsp3) is 0.625. The van der Waals surface area contributed by atoms with Gasteiger partial charge < -0.3 is 102 Å². The smallest absolute Gasteiger partial charge is 0.328 e. The van der Waals surface area contributed by atoms with E-state index in [1.54, 1.807) is 26.1 Å². The third-order valence-corrected chi connectivity index (χ3v) is 15.8. The summed E-state index contributed by atoms with van der Waals surface area (Å²) in [6, 6.07) is -5.50. The van der Waals surface area contributed by atoms with E-state index in [-0.39, 0.29) is 102 Å². The predicted molar refractivity (Wildman–Crippen MR) is 332 cm³/mol. The van der Waals surface area contributed by atoms with Crippen LogP contribution in [0.5, 0.6) is 0 Å². The number of carbonyl (C=O) groups is 11. The molecule has 4 rings (SSSR count). The van der Waals surface area contributed by atoms with Gasteiger partial charge in [-0.2, -0.15) is 12.6 Å². The molecule has 11 atom stereocenters. The number of H-pyrrole nitrogens is 1. The molecule has 89 heavy (non-hydrogen) atoms. The van der Waals surface area contributed by atoms with E-state index in [0.29, 0.717) is 37.7 Å². The molecule has 0 aliphatic carbocycles. The summed E-state index contributed by atoms with van der Waals surface area (Å²) >= 11 is 4.03. The summed E-state index contributed by atoms with van der Waals surface area (Å²) in [5.41, 5.74) is 35.3. The van der Waals surface area contributed by atoms with E-state index in [2.05, 4.69) is 70.1 Å². The van der Waals surface area contributed by atoms with E-state index in [0.717, 1.165) is 10.9 Å². The number of guanidine groups is 2. The number of para-hydroxylation sites is 1. The van der Waals surface area contributed by atoms with Gasteiger partial charge in [-0.25, -0.2) is 4.79 Å². The number of rotatable bonds is 37. The molecule has 33 heteroatoms. The minimum absolute atomic E-state index is 0.00521. The molecule has 1 aromatic carbocycles. The van der Waals surface area contributed by atoms with Gasteiger partial charge in [0.1, 0.15) is 54.4 Å². The number of aliphatic hydroxyl groups excluding tert-OH is 1. The number of fused-ring (bicyclic) bond motifs is 1. The number of nitrogens with zero attached hydrogens (tertiary/aromatic N) is 4. The Morgan fingerprint density at radius 3 is 1.73 bits per heavy atom. The number of nitrogens with one attached hydrogen (secondary N) is 9. The molecule has 1 aromatic heterocycles. The van der Waals surface area contributed by atoms with Gasteiger partial charge in [0.05, 0.1) is 19.2 Å². The third kappa shape index (κ3) is 22.7. The van der Waals surface area contributed by atoms with Crippen molar-refractivity contribution in [2.75, 3.05) is 51.6 Å². The highest BCUT2D eigenvalue weighted by Gasteiger charge is 2.41. The van der Waals surface area contributed by atoms with Crippen LogP contribution in [0.4, 0.5) is 0 Å². The number of hydrogen-bond donors (Lipinski definition) is 18. The molecule has 23 N–H and O–H groups in total. The number of thiol groups is 1. The van der Waals surface area contributed by atoms with Gasteiger partial charge in [-0.3, -0.25) is 57.9 Å². The fourth-order valence-corrected chi connectivity index (χ4v) is 10.4. The van der Waals surface area contributed by atoms with E-state index in [9.17, 15) is 63.0 Å². The Balaban J connectivity index is 1.60. The number of nitrogens with two attached hydrogens (primary N) is 6. The van der Waals surface area contributed by atoms with Crippen LogP contribution >= 0.6 is 12.6 Å². The second-order valence-corrected chi connectivity index (χ2v) is 22.5. The Morgan fingerprint density at radius 1 is 0.674 bits per heavy atom. The van der Waals surface area contributed by atoms with Crippen molar-refractivity contribution >= 4 is 100 Å². The molecule has 0 radical (unpaired) electrons. The van der Waals surface area contributed by atoms with Crippen molar-refractivity contribution < 1.29 is 63.0 Å². The number of aromatic amines is 1. The van der Waals surface area contributed by atoms with Gasteiger partial charge in [-0.05, 0) is 102 Å². The Bertz CT molecular complexity index is 2830. The third-order valence-electron chi connectivity index (χ3n) is 15.4. The Morgan fingerprint density at radius 2 is 1.19 bits per heavy atom. The highest BCUT2D eigenvalue weighted by Crippen LogP contribution is 2.23. The molecule has 0 spiro atoms. The van der Waals surface area contributed by atoms with Crippen molar-refractivity contribution in [1.82, 2.24) is 57.3 Å². The van der Waals surface area contributed by atoms with E-state index in [1.165, 1.54) is 16.7 Å². The molecule has 32 nitrogen and oxygen atoms in total. The normalized spacial score (nSPS) is 17.6. The van der Waals surface area contributed by atoms with Gasteiger partial charge in [0.25, 0.3) is 0 Å². The molecule has 3 heterocycles. The summed E-state index contributed by atoms with van der Waals surface area (Å²) in [6.07, 6.45) is 3.99. The molecule has 494 valence electrons. The molecule has 2 aliphatic heterocycles. The van der Waals surface area contributed by atoms with Crippen LogP contribution in [-0.2, 0) is 59.2 Å². The van der Waals surface area contributed by atoms with Crippen LogP contribution in [-0.4, -0.2) is 214 Å². The largest absolute Gasteiger partial charge is 0.480 e. The van der Waals surface area contributed by atoms with Gasteiger partial charge in [0.2, 0.25) is 59.1 Å². The van der Waals surface area contributed by atoms with E-state index in [1.807, 2.05) is 18.2 Å². The Labute approximate surface area is 521 Å². The lowest BCUT2D eigenvalue weighted by atomic mass is 9.97. The number of aliphatic imine (C=N–C) groups is 2. The van der Waals surface area contributed by atoms with Gasteiger partial charge in [0, 0.05) is 55.5 Å². The SMILES string of the molecule is CC[C@H](C)[C@H](NC(=O)[C@@H]1CCCN1C(=O)[C@H](C)NC(=O)[C@H](CCCN=C(N)N)NC(=O)[C@H](CCCN=C(N)N)NC(=O)[C@H](CCCCN)NC(=O)[C@H](Cc1c[nH]c2ccccc12)NC(=O)[C@@H]1CCCN1C(=O)CNC(=O)[C@@H](N)CS)C(=O)N[C@@H](CO)C(=O)O. The number of likely N-dealkylation sites (tertiary alicyclic amines) is 2. The summed E-state index contributed by atoms with van der Waals surface area (Å²) in [5, 5.41) is 40.7. The zero-order chi connectivity index (χ0) is 65.9. The molecule has 2 aromatic rings. The number of aromatic nitrogens is 1. The van der Waals surface area contributed by atoms with Gasteiger partial charge in [0.15, 0.2) is 11.9 Å². The molecule has 10 amide bonds. The number of aliphatic hydroxyl groups is 1. The van der Waals surface area contributed by atoms with Crippen molar-refractivity contribution in [3.8, 4) is 0 Å². The summed E-state index contributed by atoms with van der Waals surface area (Å²) in [6.45, 7) is 3.99. The monoisotopic (exact) mass is 1270 g/mol. The molecular formula is C56H91N19O13S. The number of carboxylic acids is 1. The maximum absolute atomic E-state index is 14.7. The minimum Gasteiger partial charge on any atom is -0.480 e. The maximum Gasteiger partial charge on any atom is 0.328 e. The summed E-state index contributed by atoms with van der Waals surface area (Å²) in [5.74, 6) is -9.83. The van der Waals surface area contributed by atoms with Crippen LogP contribution in [0.3, 0.4) is 0 Å². The average molecular weight is 1270 g/mol. The minimum atomic E-state index is -1.63. The van der Waals surface area contributed by atoms with Crippen molar-refractivity contribution in [1.29, 1.82) is 0 Å². The number of unbranched alkanes of at least 4 members (excludes halogenated alkanes) is 1. The van der Waals surface area contributed by atoms with Crippen LogP contribution in [0.2, 0.25) is 0 Å². The van der Waals surface area contributed by atoms with Gasteiger partial charge in [-0.15, -0.1) is 0 Å². The number of hydrogen-bond acceptors (Lipinski definition) is 17. The zero-order valence-electron chi connectivity index (χ0n) is 50.7. The van der Waals surface area contributed by atoms with Crippen molar-refractivity contribution in [3.63, 3.8) is 0 Å². The number of amides is 10. The number of carbonyl (C=O) groups excluding carboxylic acids is 10. The van der Waals surface area contributed by atoms with E-state index >= 15 is 0 Å². The molecular weight excluding hydrogens is 1180 g/mol. The van der Waals surface area contributed by atoms with Crippen LogP contribution in [0, 0.1) is 5.92 Å². The number of carboxylic acid groups (broad SMARTS) is 1. The summed E-state index contributed by atoms with van der Waals surface area (Å²) < 4.78 is 0. The Kier molecular flexibility index (Phi) is 30.3. The molecule has 0 bridgehead atoms.